The third-order valence-corrected chi connectivity index (χ3v) is 4.37. The number of aromatic nitrogens is 2. The Morgan fingerprint density at radius 3 is 2.74 bits per heavy atom. The molecule has 6 nitrogen and oxygen atoms in total. The molecule has 0 aromatic carbocycles. The van der Waals surface area contributed by atoms with Crippen LogP contribution < -0.4 is 0 Å². The van der Waals surface area contributed by atoms with E-state index in [1.807, 2.05) is 6.92 Å². The van der Waals surface area contributed by atoms with Crippen LogP contribution in [0.1, 0.15) is 35.1 Å². The molecule has 104 valence electrons. The summed E-state index contributed by atoms with van der Waals surface area (Å²) >= 11 is 1.07. The minimum atomic E-state index is -0.812. The number of nitrogens with zero attached hydrogens (tertiary/aromatic N) is 3. The lowest BCUT2D eigenvalue weighted by Gasteiger charge is -2.14. The van der Waals surface area contributed by atoms with Crippen molar-refractivity contribution in [3.05, 3.63) is 10.6 Å². The molecule has 2 heterocycles. The Morgan fingerprint density at radius 2 is 2.21 bits per heavy atom. The molecule has 1 fully saturated rings. The number of carboxylic acid groups (broad SMARTS) is 1. The van der Waals surface area contributed by atoms with Gasteiger partial charge in [-0.25, -0.2) is 0 Å². The van der Waals surface area contributed by atoms with Crippen LogP contribution in [-0.2, 0) is 4.79 Å². The predicted octanol–water partition coefficient (Wildman–Crippen LogP) is 1.42. The van der Waals surface area contributed by atoms with Crippen molar-refractivity contribution in [2.45, 2.75) is 26.7 Å². The van der Waals surface area contributed by atoms with Crippen LogP contribution in [0.15, 0.2) is 0 Å². The number of carbonyl (C=O) groups excluding carboxylic acids is 1. The van der Waals surface area contributed by atoms with Gasteiger partial charge in [-0.05, 0) is 30.8 Å². The van der Waals surface area contributed by atoms with Crippen LogP contribution in [0.4, 0.5) is 0 Å². The normalized spacial score (nSPS) is 22.7. The maximum absolute atomic E-state index is 12.3. The van der Waals surface area contributed by atoms with Crippen molar-refractivity contribution in [2.75, 3.05) is 13.1 Å². The molecule has 0 bridgehead atoms. The van der Waals surface area contributed by atoms with E-state index >= 15 is 0 Å². The van der Waals surface area contributed by atoms with Crippen LogP contribution in [0.3, 0.4) is 0 Å². The molecule has 0 spiro atoms. The molecule has 19 heavy (non-hydrogen) atoms. The Labute approximate surface area is 115 Å². The van der Waals surface area contributed by atoms with Gasteiger partial charge in [0.25, 0.3) is 5.91 Å². The van der Waals surface area contributed by atoms with E-state index in [1.165, 1.54) is 0 Å². The largest absolute Gasteiger partial charge is 0.481 e. The summed E-state index contributed by atoms with van der Waals surface area (Å²) in [5, 5.41) is 13.1. The zero-order valence-corrected chi connectivity index (χ0v) is 11.8. The van der Waals surface area contributed by atoms with E-state index in [-0.39, 0.29) is 18.4 Å². The predicted molar refractivity (Wildman–Crippen MR) is 70.1 cm³/mol. The first-order valence-electron chi connectivity index (χ1n) is 6.35. The minimum absolute atomic E-state index is 0.0487. The standard InChI is InChI=1S/C12H17N3O3S/c1-3-4-8-5-15(6-9(8)12(17)18)11(16)10-7(2)13-14-19-10/h8-9H,3-6H2,1-2H3,(H,17,18)/t8-,9-/m1/s1. The van der Waals surface area contributed by atoms with Crippen LogP contribution in [0.25, 0.3) is 0 Å². The molecule has 1 aliphatic heterocycles. The smallest absolute Gasteiger partial charge is 0.308 e. The molecule has 0 saturated carbocycles. The molecule has 1 aromatic heterocycles. The van der Waals surface area contributed by atoms with Crippen molar-refractivity contribution < 1.29 is 14.7 Å². The summed E-state index contributed by atoms with van der Waals surface area (Å²) in [6.07, 6.45) is 1.76. The fraction of sp³-hybridized carbons (Fsp3) is 0.667. The van der Waals surface area contributed by atoms with E-state index in [9.17, 15) is 14.7 Å². The molecular formula is C12H17N3O3S. The molecule has 2 atom stereocenters. The molecule has 2 rings (SSSR count). The Bertz CT molecular complexity index is 488. The summed E-state index contributed by atoms with van der Waals surface area (Å²) in [6.45, 7) is 4.57. The van der Waals surface area contributed by atoms with Gasteiger partial charge in [0.15, 0.2) is 0 Å². The highest BCUT2D eigenvalue weighted by atomic mass is 32.1. The molecule has 7 heteroatoms. The van der Waals surface area contributed by atoms with Crippen molar-refractivity contribution in [3.8, 4) is 0 Å². The van der Waals surface area contributed by atoms with Crippen LogP contribution in [0.5, 0.6) is 0 Å². The average Bonchev–Trinajstić information content (AvgIpc) is 2.95. The SMILES string of the molecule is CCC[C@@H]1CN(C(=O)c2snnc2C)C[C@H]1C(=O)O. The monoisotopic (exact) mass is 283 g/mol. The highest BCUT2D eigenvalue weighted by molar-refractivity contribution is 7.07. The number of likely N-dealkylation sites (tertiary alicyclic amines) is 1. The van der Waals surface area contributed by atoms with Crippen molar-refractivity contribution in [1.29, 1.82) is 0 Å². The Balaban J connectivity index is 2.13. The molecule has 0 aliphatic carbocycles. The maximum Gasteiger partial charge on any atom is 0.308 e. The number of aliphatic carboxylic acids is 1. The number of amides is 1. The summed E-state index contributed by atoms with van der Waals surface area (Å²) < 4.78 is 3.75. The van der Waals surface area contributed by atoms with Crippen LogP contribution in [0, 0.1) is 18.8 Å². The topological polar surface area (TPSA) is 83.4 Å². The summed E-state index contributed by atoms with van der Waals surface area (Å²) in [6, 6.07) is 0. The first-order chi connectivity index (χ1) is 9.04. The van der Waals surface area contributed by atoms with E-state index in [1.54, 1.807) is 11.8 Å². The van der Waals surface area contributed by atoms with Crippen LogP contribution in [0.2, 0.25) is 0 Å². The van der Waals surface area contributed by atoms with Gasteiger partial charge in [0.1, 0.15) is 4.88 Å². The highest BCUT2D eigenvalue weighted by Crippen LogP contribution is 2.29. The van der Waals surface area contributed by atoms with Crippen molar-refractivity contribution in [3.63, 3.8) is 0 Å². The van der Waals surface area contributed by atoms with Crippen LogP contribution >= 0.6 is 11.5 Å². The summed E-state index contributed by atoms with van der Waals surface area (Å²) in [5.41, 5.74) is 0.612. The number of rotatable bonds is 4. The van der Waals surface area contributed by atoms with E-state index in [2.05, 4.69) is 9.59 Å². The van der Waals surface area contributed by atoms with Gasteiger partial charge in [-0.1, -0.05) is 17.8 Å². The lowest BCUT2D eigenvalue weighted by atomic mass is 9.92. The van der Waals surface area contributed by atoms with E-state index < -0.39 is 11.9 Å². The van der Waals surface area contributed by atoms with Gasteiger partial charge >= 0.3 is 5.97 Å². The van der Waals surface area contributed by atoms with Gasteiger partial charge in [-0.2, -0.15) is 0 Å². The van der Waals surface area contributed by atoms with Gasteiger partial charge in [-0.15, -0.1) is 5.10 Å². The summed E-state index contributed by atoms with van der Waals surface area (Å²) in [7, 11) is 0. The van der Waals surface area contributed by atoms with E-state index in [4.69, 9.17) is 0 Å². The average molecular weight is 283 g/mol. The number of hydrogen-bond acceptors (Lipinski definition) is 5. The molecule has 1 amide bonds. The fourth-order valence-electron chi connectivity index (χ4n) is 2.55. The van der Waals surface area contributed by atoms with Gasteiger partial charge in [0.05, 0.1) is 11.6 Å². The Kier molecular flexibility index (Phi) is 4.14. The molecule has 1 saturated heterocycles. The number of hydrogen-bond donors (Lipinski definition) is 1. The number of carboxylic acids is 1. The van der Waals surface area contributed by atoms with Crippen molar-refractivity contribution in [1.82, 2.24) is 14.5 Å². The molecule has 1 N–H and O–H groups in total. The molecule has 1 aliphatic rings. The molecular weight excluding hydrogens is 266 g/mol. The number of carbonyl (C=O) groups is 2. The molecule has 1 aromatic rings. The van der Waals surface area contributed by atoms with Crippen molar-refractivity contribution in [2.24, 2.45) is 11.8 Å². The number of aryl methyl sites for hydroxylation is 1. The second-order valence-corrected chi connectivity index (χ2v) is 5.65. The third kappa shape index (κ3) is 2.75. The second-order valence-electron chi connectivity index (χ2n) is 4.89. The van der Waals surface area contributed by atoms with E-state index in [0.717, 1.165) is 24.4 Å². The third-order valence-electron chi connectivity index (χ3n) is 3.55. The second kappa shape index (κ2) is 5.64. The molecule has 0 radical (unpaired) electrons. The first kappa shape index (κ1) is 13.9. The Hall–Kier alpha value is -1.50. The zero-order chi connectivity index (χ0) is 14.0. The quantitative estimate of drug-likeness (QED) is 0.903. The maximum atomic E-state index is 12.3. The minimum Gasteiger partial charge on any atom is -0.481 e. The van der Waals surface area contributed by atoms with Crippen molar-refractivity contribution >= 4 is 23.4 Å². The van der Waals surface area contributed by atoms with Gasteiger partial charge in [-0.3, -0.25) is 9.59 Å². The zero-order valence-electron chi connectivity index (χ0n) is 11.0. The van der Waals surface area contributed by atoms with Gasteiger partial charge < -0.3 is 10.0 Å². The lowest BCUT2D eigenvalue weighted by Crippen LogP contribution is -2.29. The summed E-state index contributed by atoms with van der Waals surface area (Å²) in [4.78, 5) is 25.7. The molecule has 0 unspecified atom stereocenters. The highest BCUT2D eigenvalue weighted by Gasteiger charge is 2.39. The van der Waals surface area contributed by atoms with Crippen LogP contribution in [-0.4, -0.2) is 44.6 Å². The lowest BCUT2D eigenvalue weighted by molar-refractivity contribution is -0.142. The van der Waals surface area contributed by atoms with E-state index in [0.29, 0.717) is 17.1 Å². The summed E-state index contributed by atoms with van der Waals surface area (Å²) in [5.74, 6) is -1.36. The first-order valence-corrected chi connectivity index (χ1v) is 7.13. The van der Waals surface area contributed by atoms with Gasteiger partial charge in [0.2, 0.25) is 0 Å². The Morgan fingerprint density at radius 1 is 1.47 bits per heavy atom. The fourth-order valence-corrected chi connectivity index (χ4v) is 3.18. The van der Waals surface area contributed by atoms with Gasteiger partial charge in [0, 0.05) is 13.1 Å².